The molecule has 0 radical (unpaired) electrons. The fraction of sp³-hybridized carbons (Fsp3) is 0.278. The first-order valence-electron chi connectivity index (χ1n) is 7.85. The molecule has 6 heteroatoms. The Kier molecular flexibility index (Phi) is 3.97. The van der Waals surface area contributed by atoms with Crippen molar-refractivity contribution in [2.45, 2.75) is 27.2 Å². The lowest BCUT2D eigenvalue weighted by Crippen LogP contribution is -2.07. The molecule has 0 saturated carbocycles. The molecule has 24 heavy (non-hydrogen) atoms. The lowest BCUT2D eigenvalue weighted by molar-refractivity contribution is -0.132. The van der Waals surface area contributed by atoms with Crippen molar-refractivity contribution in [2.24, 2.45) is 7.05 Å². The van der Waals surface area contributed by atoms with Crippen LogP contribution in [0.1, 0.15) is 31.5 Å². The zero-order valence-corrected chi connectivity index (χ0v) is 14.2. The van der Waals surface area contributed by atoms with Crippen molar-refractivity contribution in [1.82, 2.24) is 19.3 Å². The molecular weight excluding hydrogens is 304 g/mol. The predicted molar refractivity (Wildman–Crippen MR) is 93.1 cm³/mol. The lowest BCUT2D eigenvalue weighted by atomic mass is 9.98. The van der Waals surface area contributed by atoms with Gasteiger partial charge in [-0.3, -0.25) is 9.25 Å². The molecule has 0 fully saturated rings. The average Bonchev–Trinajstić information content (AvgIpc) is 3.09. The lowest BCUT2D eigenvalue weighted by Gasteiger charge is -2.13. The Balaban J connectivity index is 2.35. The maximum atomic E-state index is 11.5. The highest BCUT2D eigenvalue weighted by Crippen LogP contribution is 2.32. The monoisotopic (exact) mass is 324 g/mol. The molecule has 3 rings (SSSR count). The maximum Gasteiger partial charge on any atom is 0.331 e. The molecule has 0 atom stereocenters. The normalized spacial score (nSPS) is 12.5. The van der Waals surface area contributed by atoms with E-state index < -0.39 is 5.97 Å². The third kappa shape index (κ3) is 2.40. The Morgan fingerprint density at radius 1 is 1.33 bits per heavy atom. The van der Waals surface area contributed by atoms with Crippen molar-refractivity contribution in [1.29, 1.82) is 0 Å². The maximum absolute atomic E-state index is 11.5. The number of aromatic nitrogens is 4. The second-order valence-electron chi connectivity index (χ2n) is 5.77. The van der Waals surface area contributed by atoms with Crippen LogP contribution in [0.15, 0.2) is 36.2 Å². The van der Waals surface area contributed by atoms with Gasteiger partial charge < -0.3 is 5.11 Å². The van der Waals surface area contributed by atoms with E-state index in [9.17, 15) is 9.90 Å². The Morgan fingerprint density at radius 2 is 2.08 bits per heavy atom. The molecule has 3 aromatic heterocycles. The molecule has 0 unspecified atom stereocenters. The molecule has 1 N–H and O–H groups in total. The first-order chi connectivity index (χ1) is 11.5. The van der Waals surface area contributed by atoms with E-state index in [-0.39, 0.29) is 0 Å². The minimum atomic E-state index is -0.906. The minimum absolute atomic E-state index is 0.347. The SMILES string of the molecule is CCC(=C(C)C(=O)O)c1c(C)nn(C)c1-n1ccc2cccnc21. The van der Waals surface area contributed by atoms with Crippen LogP contribution >= 0.6 is 0 Å². The van der Waals surface area contributed by atoms with Crippen LogP contribution in [0.2, 0.25) is 0 Å². The van der Waals surface area contributed by atoms with Gasteiger partial charge in [0.1, 0.15) is 11.5 Å². The number of aryl methyl sites for hydroxylation is 2. The van der Waals surface area contributed by atoms with E-state index in [0.29, 0.717) is 12.0 Å². The molecule has 0 bridgehead atoms. The summed E-state index contributed by atoms with van der Waals surface area (Å²) >= 11 is 0. The second-order valence-corrected chi connectivity index (χ2v) is 5.77. The summed E-state index contributed by atoms with van der Waals surface area (Å²) in [6, 6.07) is 5.89. The molecule has 0 aromatic carbocycles. The average molecular weight is 324 g/mol. The van der Waals surface area contributed by atoms with Gasteiger partial charge in [0.2, 0.25) is 0 Å². The van der Waals surface area contributed by atoms with Crippen LogP contribution < -0.4 is 0 Å². The summed E-state index contributed by atoms with van der Waals surface area (Å²) in [4.78, 5) is 16.0. The third-order valence-electron chi connectivity index (χ3n) is 4.30. The van der Waals surface area contributed by atoms with E-state index in [2.05, 4.69) is 10.1 Å². The zero-order chi connectivity index (χ0) is 17.4. The molecule has 0 spiro atoms. The van der Waals surface area contributed by atoms with Gasteiger partial charge in [-0.1, -0.05) is 6.92 Å². The number of hydrogen-bond acceptors (Lipinski definition) is 3. The number of nitrogens with zero attached hydrogens (tertiary/aromatic N) is 4. The second kappa shape index (κ2) is 5.96. The van der Waals surface area contributed by atoms with Gasteiger partial charge in [-0.2, -0.15) is 5.10 Å². The number of rotatable bonds is 4. The van der Waals surface area contributed by atoms with E-state index >= 15 is 0 Å². The van der Waals surface area contributed by atoms with Gasteiger partial charge >= 0.3 is 5.97 Å². The van der Waals surface area contributed by atoms with Crippen molar-refractivity contribution in [3.05, 3.63) is 47.4 Å². The topological polar surface area (TPSA) is 72.9 Å². The van der Waals surface area contributed by atoms with Crippen LogP contribution in [-0.4, -0.2) is 30.4 Å². The highest BCUT2D eigenvalue weighted by atomic mass is 16.4. The van der Waals surface area contributed by atoms with Crippen molar-refractivity contribution in [3.63, 3.8) is 0 Å². The molecule has 3 aromatic rings. The predicted octanol–water partition coefficient (Wildman–Crippen LogP) is 3.34. The van der Waals surface area contributed by atoms with Crippen molar-refractivity contribution >= 4 is 22.6 Å². The van der Waals surface area contributed by atoms with Crippen molar-refractivity contribution < 1.29 is 9.90 Å². The molecule has 0 amide bonds. The minimum Gasteiger partial charge on any atom is -0.478 e. The quantitative estimate of drug-likeness (QED) is 0.747. The van der Waals surface area contributed by atoms with E-state index in [1.165, 1.54) is 0 Å². The van der Waals surface area contributed by atoms with Gasteiger partial charge in [0, 0.05) is 36.0 Å². The van der Waals surface area contributed by atoms with Crippen LogP contribution in [0, 0.1) is 6.92 Å². The van der Waals surface area contributed by atoms with Gasteiger partial charge in [-0.15, -0.1) is 0 Å². The molecular formula is C18H20N4O2. The number of carbonyl (C=O) groups is 1. The number of hydrogen-bond donors (Lipinski definition) is 1. The van der Waals surface area contributed by atoms with Crippen LogP contribution in [0.25, 0.3) is 22.4 Å². The Bertz CT molecular complexity index is 963. The molecule has 124 valence electrons. The standard InChI is InChI=1S/C18H20N4O2/c1-5-14(11(2)18(23)24)15-12(3)20-21(4)17(15)22-10-8-13-7-6-9-19-16(13)22/h6-10H,5H2,1-4H3,(H,23,24). The zero-order valence-electron chi connectivity index (χ0n) is 14.2. The molecule has 6 nitrogen and oxygen atoms in total. The van der Waals surface area contributed by atoms with E-state index in [4.69, 9.17) is 0 Å². The van der Waals surface area contributed by atoms with Crippen LogP contribution in [0.3, 0.4) is 0 Å². The van der Waals surface area contributed by atoms with Gasteiger partial charge in [-0.25, -0.2) is 9.78 Å². The summed E-state index contributed by atoms with van der Waals surface area (Å²) in [5.41, 5.74) is 3.64. The number of aliphatic carboxylic acids is 1. The van der Waals surface area contributed by atoms with Crippen molar-refractivity contribution in [2.75, 3.05) is 0 Å². The number of carboxylic acids is 1. The highest BCUT2D eigenvalue weighted by Gasteiger charge is 2.22. The van der Waals surface area contributed by atoms with Gasteiger partial charge in [0.15, 0.2) is 0 Å². The first-order valence-corrected chi connectivity index (χ1v) is 7.85. The summed E-state index contributed by atoms with van der Waals surface area (Å²) in [5.74, 6) is -0.0739. The molecule has 0 aliphatic heterocycles. The fourth-order valence-electron chi connectivity index (χ4n) is 3.17. The van der Waals surface area contributed by atoms with Crippen LogP contribution in [0.5, 0.6) is 0 Å². The molecule has 3 heterocycles. The van der Waals surface area contributed by atoms with Gasteiger partial charge in [0.05, 0.1) is 5.69 Å². The summed E-state index contributed by atoms with van der Waals surface area (Å²) in [5, 5.41) is 15.0. The van der Waals surface area contributed by atoms with Gasteiger partial charge in [0.25, 0.3) is 0 Å². The summed E-state index contributed by atoms with van der Waals surface area (Å²) in [6.45, 7) is 5.51. The van der Waals surface area contributed by atoms with Crippen LogP contribution in [0.4, 0.5) is 0 Å². The van der Waals surface area contributed by atoms with E-state index in [1.807, 2.05) is 49.9 Å². The molecule has 0 aliphatic rings. The Morgan fingerprint density at radius 3 is 2.75 bits per heavy atom. The number of pyridine rings is 1. The summed E-state index contributed by atoms with van der Waals surface area (Å²) < 4.78 is 3.75. The largest absolute Gasteiger partial charge is 0.478 e. The number of carboxylic acid groups (broad SMARTS) is 1. The first kappa shape index (κ1) is 16.0. The van der Waals surface area contributed by atoms with E-state index in [0.717, 1.165) is 33.7 Å². The molecule has 0 saturated heterocycles. The third-order valence-corrected chi connectivity index (χ3v) is 4.30. The number of fused-ring (bicyclic) bond motifs is 1. The smallest absolute Gasteiger partial charge is 0.331 e. The summed E-state index contributed by atoms with van der Waals surface area (Å²) in [7, 11) is 1.87. The van der Waals surface area contributed by atoms with Crippen LogP contribution in [-0.2, 0) is 11.8 Å². The highest BCUT2D eigenvalue weighted by molar-refractivity contribution is 5.97. The van der Waals surface area contributed by atoms with Gasteiger partial charge in [-0.05, 0) is 44.0 Å². The Hall–Kier alpha value is -2.89. The summed E-state index contributed by atoms with van der Waals surface area (Å²) in [6.07, 6.45) is 4.31. The molecule has 0 aliphatic carbocycles. The van der Waals surface area contributed by atoms with E-state index in [1.54, 1.807) is 17.8 Å². The van der Waals surface area contributed by atoms with Crippen molar-refractivity contribution in [3.8, 4) is 5.82 Å². The number of allylic oxidation sites excluding steroid dienone is 1. The Labute approximate surface area is 140 Å². The fourth-order valence-corrected chi connectivity index (χ4v) is 3.17.